The Balaban J connectivity index is 2.06. The van der Waals surface area contributed by atoms with Crippen molar-refractivity contribution in [2.75, 3.05) is 0 Å². The number of carbonyl (C=O) groups is 1. The number of oxime groups is 1. The molecular formula is C15H11FN2O4. The van der Waals surface area contributed by atoms with E-state index in [1.165, 1.54) is 48.5 Å². The summed E-state index contributed by atoms with van der Waals surface area (Å²) in [5.41, 5.74) is 1.02. The van der Waals surface area contributed by atoms with Gasteiger partial charge in [-0.3, -0.25) is 10.1 Å². The summed E-state index contributed by atoms with van der Waals surface area (Å²) >= 11 is 0. The van der Waals surface area contributed by atoms with Crippen molar-refractivity contribution in [3.8, 4) is 0 Å². The predicted octanol–water partition coefficient (Wildman–Crippen LogP) is 3.31. The number of hydrogen-bond acceptors (Lipinski definition) is 5. The number of non-ortho nitro benzene ring substituents is 1. The highest BCUT2D eigenvalue weighted by molar-refractivity contribution is 5.99. The highest BCUT2D eigenvalue weighted by atomic mass is 19.1. The maximum atomic E-state index is 12.8. The van der Waals surface area contributed by atoms with E-state index in [1.54, 1.807) is 6.92 Å². The van der Waals surface area contributed by atoms with Gasteiger partial charge in [-0.05, 0) is 36.8 Å². The lowest BCUT2D eigenvalue weighted by Crippen LogP contribution is -2.04. The van der Waals surface area contributed by atoms with Crippen molar-refractivity contribution in [3.63, 3.8) is 0 Å². The topological polar surface area (TPSA) is 81.8 Å². The summed E-state index contributed by atoms with van der Waals surface area (Å²) in [4.78, 5) is 26.5. The molecule has 0 bridgehead atoms. The van der Waals surface area contributed by atoms with Gasteiger partial charge in [0.25, 0.3) is 5.69 Å². The van der Waals surface area contributed by atoms with Gasteiger partial charge in [-0.25, -0.2) is 9.18 Å². The molecule has 2 aromatic rings. The second-order valence-corrected chi connectivity index (χ2v) is 4.37. The lowest BCUT2D eigenvalue weighted by atomic mass is 10.1. The van der Waals surface area contributed by atoms with Crippen LogP contribution in [0.4, 0.5) is 10.1 Å². The van der Waals surface area contributed by atoms with Crippen LogP contribution in [0.3, 0.4) is 0 Å². The Morgan fingerprint density at radius 2 is 1.64 bits per heavy atom. The number of nitro benzene ring substituents is 1. The van der Waals surface area contributed by atoms with Gasteiger partial charge in [0.15, 0.2) is 0 Å². The molecule has 7 heteroatoms. The average Bonchev–Trinajstić information content (AvgIpc) is 2.53. The minimum atomic E-state index is -0.739. The number of nitro groups is 1. The minimum absolute atomic E-state index is 0.123. The summed E-state index contributed by atoms with van der Waals surface area (Å²) in [5.74, 6) is -1.12. The molecule has 112 valence electrons. The first-order valence-electron chi connectivity index (χ1n) is 6.23. The molecule has 0 unspecified atom stereocenters. The standard InChI is InChI=1S/C15H11FN2O4/c1-10(11-2-6-13(16)7-3-11)17-22-15(19)12-4-8-14(9-5-12)18(20)21/h2-9H,1H3/b17-10+. The average molecular weight is 302 g/mol. The molecular weight excluding hydrogens is 291 g/mol. The van der Waals surface area contributed by atoms with E-state index >= 15 is 0 Å². The van der Waals surface area contributed by atoms with Gasteiger partial charge >= 0.3 is 5.97 Å². The quantitative estimate of drug-likeness (QED) is 0.375. The number of benzene rings is 2. The molecule has 0 aliphatic heterocycles. The van der Waals surface area contributed by atoms with Crippen molar-refractivity contribution in [1.82, 2.24) is 0 Å². The smallest absolute Gasteiger partial charge is 0.313 e. The number of hydrogen-bond donors (Lipinski definition) is 0. The SMILES string of the molecule is C/C(=N\OC(=O)c1ccc([N+](=O)[O-])cc1)c1ccc(F)cc1. The van der Waals surface area contributed by atoms with Gasteiger partial charge in [-0.1, -0.05) is 17.3 Å². The molecule has 0 saturated heterocycles. The minimum Gasteiger partial charge on any atom is -0.313 e. The third-order valence-electron chi connectivity index (χ3n) is 2.84. The molecule has 0 saturated carbocycles. The van der Waals surface area contributed by atoms with E-state index in [2.05, 4.69) is 5.16 Å². The fourth-order valence-corrected chi connectivity index (χ4v) is 1.63. The van der Waals surface area contributed by atoms with E-state index in [1.807, 2.05) is 0 Å². The number of nitrogens with zero attached hydrogens (tertiary/aromatic N) is 2. The Hall–Kier alpha value is -3.09. The van der Waals surface area contributed by atoms with Crippen LogP contribution in [0.2, 0.25) is 0 Å². The number of carbonyl (C=O) groups excluding carboxylic acids is 1. The molecule has 0 aliphatic rings. The van der Waals surface area contributed by atoms with Crippen LogP contribution in [0.5, 0.6) is 0 Å². The van der Waals surface area contributed by atoms with E-state index in [9.17, 15) is 19.3 Å². The van der Waals surface area contributed by atoms with Gasteiger partial charge in [-0.15, -0.1) is 0 Å². The van der Waals surface area contributed by atoms with Crippen molar-refractivity contribution in [1.29, 1.82) is 0 Å². The molecule has 0 N–H and O–H groups in total. The Morgan fingerprint density at radius 3 is 2.18 bits per heavy atom. The molecule has 0 aliphatic carbocycles. The van der Waals surface area contributed by atoms with Gasteiger partial charge in [-0.2, -0.15) is 0 Å². The first-order chi connectivity index (χ1) is 10.5. The molecule has 0 radical (unpaired) electrons. The fraction of sp³-hybridized carbons (Fsp3) is 0.0667. The predicted molar refractivity (Wildman–Crippen MR) is 77.1 cm³/mol. The zero-order valence-electron chi connectivity index (χ0n) is 11.5. The molecule has 6 nitrogen and oxygen atoms in total. The van der Waals surface area contributed by atoms with Crippen LogP contribution in [0.15, 0.2) is 53.7 Å². The van der Waals surface area contributed by atoms with E-state index < -0.39 is 10.9 Å². The zero-order valence-corrected chi connectivity index (χ0v) is 11.5. The molecule has 0 heterocycles. The monoisotopic (exact) mass is 302 g/mol. The molecule has 2 rings (SSSR count). The first kappa shape index (κ1) is 15.3. The number of rotatable bonds is 4. The second-order valence-electron chi connectivity index (χ2n) is 4.37. The highest BCUT2D eigenvalue weighted by Crippen LogP contribution is 2.13. The van der Waals surface area contributed by atoms with Gasteiger partial charge < -0.3 is 4.84 Å². The van der Waals surface area contributed by atoms with E-state index in [-0.39, 0.29) is 17.1 Å². The van der Waals surface area contributed by atoms with E-state index in [0.29, 0.717) is 11.3 Å². The molecule has 2 aromatic carbocycles. The Morgan fingerprint density at radius 1 is 1.09 bits per heavy atom. The summed E-state index contributed by atoms with van der Waals surface area (Å²) in [6, 6.07) is 10.5. The van der Waals surface area contributed by atoms with Crippen LogP contribution in [0.1, 0.15) is 22.8 Å². The largest absolute Gasteiger partial charge is 0.365 e. The summed E-state index contributed by atoms with van der Waals surface area (Å²) < 4.78 is 12.8. The zero-order chi connectivity index (χ0) is 16.1. The normalized spacial score (nSPS) is 11.1. The van der Waals surface area contributed by atoms with Gasteiger partial charge in [0, 0.05) is 12.1 Å². The fourth-order valence-electron chi connectivity index (χ4n) is 1.63. The van der Waals surface area contributed by atoms with Crippen LogP contribution in [0, 0.1) is 15.9 Å². The third-order valence-corrected chi connectivity index (χ3v) is 2.84. The van der Waals surface area contributed by atoms with Crippen LogP contribution in [0.25, 0.3) is 0 Å². The summed E-state index contributed by atoms with van der Waals surface area (Å²) in [5, 5.41) is 14.2. The van der Waals surface area contributed by atoms with Crippen LogP contribution in [-0.2, 0) is 4.84 Å². The number of halogens is 1. The van der Waals surface area contributed by atoms with Crippen molar-refractivity contribution in [3.05, 3.63) is 75.6 Å². The van der Waals surface area contributed by atoms with Crippen LogP contribution < -0.4 is 0 Å². The van der Waals surface area contributed by atoms with Gasteiger partial charge in [0.05, 0.1) is 16.2 Å². The summed E-state index contributed by atoms with van der Waals surface area (Å²) in [6.07, 6.45) is 0. The Labute approximate surface area is 125 Å². The Kier molecular flexibility index (Phi) is 4.57. The third kappa shape index (κ3) is 3.72. The van der Waals surface area contributed by atoms with Gasteiger partial charge in [0.1, 0.15) is 5.82 Å². The lowest BCUT2D eigenvalue weighted by molar-refractivity contribution is -0.384. The molecule has 0 atom stereocenters. The van der Waals surface area contributed by atoms with Gasteiger partial charge in [0.2, 0.25) is 0 Å². The summed E-state index contributed by atoms with van der Waals surface area (Å²) in [6.45, 7) is 1.61. The van der Waals surface area contributed by atoms with E-state index in [4.69, 9.17) is 4.84 Å². The van der Waals surface area contributed by atoms with Crippen molar-refractivity contribution in [2.45, 2.75) is 6.92 Å². The van der Waals surface area contributed by atoms with Crippen molar-refractivity contribution in [2.24, 2.45) is 5.16 Å². The summed E-state index contributed by atoms with van der Waals surface area (Å²) in [7, 11) is 0. The maximum absolute atomic E-state index is 12.8. The molecule has 0 amide bonds. The molecule has 0 fully saturated rings. The molecule has 22 heavy (non-hydrogen) atoms. The first-order valence-corrected chi connectivity index (χ1v) is 6.23. The molecule has 0 aromatic heterocycles. The lowest BCUT2D eigenvalue weighted by Gasteiger charge is -2.01. The van der Waals surface area contributed by atoms with Crippen LogP contribution >= 0.6 is 0 Å². The van der Waals surface area contributed by atoms with Crippen LogP contribution in [-0.4, -0.2) is 16.6 Å². The van der Waals surface area contributed by atoms with E-state index in [0.717, 1.165) is 0 Å². The van der Waals surface area contributed by atoms with Crippen molar-refractivity contribution >= 4 is 17.4 Å². The Bertz CT molecular complexity index is 724. The van der Waals surface area contributed by atoms with Crippen molar-refractivity contribution < 1.29 is 18.9 Å². The highest BCUT2D eigenvalue weighted by Gasteiger charge is 2.11. The maximum Gasteiger partial charge on any atom is 0.365 e. The second kappa shape index (κ2) is 6.57. The molecule has 0 spiro atoms.